The van der Waals surface area contributed by atoms with E-state index >= 15 is 0 Å². The predicted octanol–water partition coefficient (Wildman–Crippen LogP) is -8.17. The van der Waals surface area contributed by atoms with Crippen molar-refractivity contribution in [3.63, 3.8) is 0 Å². The standard InChI is InChI=1S/C31H55N3O22/c1-11(38)33-16-19(41)17(39)13(8-35)51-28(16)56-27-18(40)14(9-36)52-31(24(27)46)55-26-15(10-37)53-30(23(45)21(26)43)54-25-12(7-34(47)48)50-29(22(44)20(25)42)49-6-4-2-3-5-32/h12-31,35-37,39-46H,2-10,32H2,1H3,(H,33,38). The van der Waals surface area contributed by atoms with Crippen molar-refractivity contribution in [3.8, 4) is 0 Å². The molecule has 4 saturated heterocycles. The monoisotopic (exact) mass is 821 g/mol. The molecule has 0 aromatic carbocycles. The highest BCUT2D eigenvalue weighted by molar-refractivity contribution is 5.73. The maximum atomic E-state index is 11.9. The third-order valence-electron chi connectivity index (χ3n) is 9.87. The van der Waals surface area contributed by atoms with Crippen LogP contribution in [-0.4, -0.2) is 229 Å². The zero-order valence-corrected chi connectivity index (χ0v) is 30.3. The lowest BCUT2D eigenvalue weighted by molar-refractivity contribution is -0.505. The second-order valence-electron chi connectivity index (χ2n) is 13.9. The van der Waals surface area contributed by atoms with E-state index in [9.17, 15) is 71.1 Å². The molecule has 20 unspecified atom stereocenters. The fraction of sp³-hybridized carbons (Fsp3) is 0.968. The van der Waals surface area contributed by atoms with Crippen LogP contribution in [0.2, 0.25) is 0 Å². The summed E-state index contributed by atoms with van der Waals surface area (Å²) < 4.78 is 44.8. The highest BCUT2D eigenvalue weighted by atomic mass is 16.8. The molecule has 25 heteroatoms. The Morgan fingerprint density at radius 1 is 0.625 bits per heavy atom. The number of nitrogens with zero attached hydrogens (tertiary/aromatic N) is 1. The van der Waals surface area contributed by atoms with Gasteiger partial charge < -0.3 is 105 Å². The number of nitro groups is 1. The lowest BCUT2D eigenvalue weighted by Gasteiger charge is -2.49. The van der Waals surface area contributed by atoms with Crippen LogP contribution in [0.5, 0.6) is 0 Å². The fourth-order valence-electron chi connectivity index (χ4n) is 6.84. The summed E-state index contributed by atoms with van der Waals surface area (Å²) in [5, 5.41) is 131. The van der Waals surface area contributed by atoms with Crippen LogP contribution in [0.1, 0.15) is 26.2 Å². The number of aliphatic hydroxyl groups excluding tert-OH is 11. The van der Waals surface area contributed by atoms with Crippen molar-refractivity contribution in [2.24, 2.45) is 5.73 Å². The molecule has 0 aromatic rings. The summed E-state index contributed by atoms with van der Waals surface area (Å²) in [6, 6.07) is -1.51. The summed E-state index contributed by atoms with van der Waals surface area (Å²) in [6.45, 7) is -2.07. The third-order valence-corrected chi connectivity index (χ3v) is 9.87. The van der Waals surface area contributed by atoms with Crippen molar-refractivity contribution in [2.75, 3.05) is 39.5 Å². The fourth-order valence-corrected chi connectivity index (χ4v) is 6.84. The third kappa shape index (κ3) is 11.0. The normalized spacial score (nSPS) is 44.7. The van der Waals surface area contributed by atoms with Crippen LogP contribution < -0.4 is 11.1 Å². The van der Waals surface area contributed by atoms with Gasteiger partial charge in [-0.1, -0.05) is 0 Å². The van der Waals surface area contributed by atoms with Gasteiger partial charge in [0.05, 0.1) is 19.8 Å². The van der Waals surface area contributed by atoms with Crippen LogP contribution in [0.3, 0.4) is 0 Å². The van der Waals surface area contributed by atoms with Gasteiger partial charge in [0.1, 0.15) is 91.5 Å². The summed E-state index contributed by atoms with van der Waals surface area (Å²) in [5.74, 6) is -0.705. The van der Waals surface area contributed by atoms with Gasteiger partial charge in [0.25, 0.3) is 0 Å². The molecule has 0 aromatic heterocycles. The van der Waals surface area contributed by atoms with E-state index in [0.29, 0.717) is 25.8 Å². The SMILES string of the molecule is CC(=O)NC1C(OC2C(O)C(CO)OC(OC3C(CO)OC(OC4C(C[N+](=O)[O-])OC(OCCCCCN)C(O)C4O)C(O)C3O)C2O)OC(CO)C(O)C1O. The maximum Gasteiger partial charge on any atom is 0.232 e. The molecular formula is C31H55N3O22. The average molecular weight is 822 g/mol. The Bertz CT molecular complexity index is 1230. The Balaban J connectivity index is 1.48. The molecule has 4 aliphatic heterocycles. The van der Waals surface area contributed by atoms with E-state index < -0.39 is 160 Å². The number of amides is 1. The molecule has 4 fully saturated rings. The first-order valence-corrected chi connectivity index (χ1v) is 18.1. The number of aliphatic hydroxyl groups is 11. The number of carbonyl (C=O) groups is 1. The van der Waals surface area contributed by atoms with Gasteiger partial charge in [-0.15, -0.1) is 0 Å². The summed E-state index contributed by atoms with van der Waals surface area (Å²) in [7, 11) is 0. The Kier molecular flexibility index (Phi) is 17.8. The average Bonchev–Trinajstić information content (AvgIpc) is 3.16. The molecule has 25 nitrogen and oxygen atoms in total. The van der Waals surface area contributed by atoms with E-state index in [1.165, 1.54) is 0 Å². The molecule has 4 aliphatic rings. The van der Waals surface area contributed by atoms with Gasteiger partial charge in [-0.3, -0.25) is 14.9 Å². The zero-order chi connectivity index (χ0) is 41.4. The first-order chi connectivity index (χ1) is 26.6. The molecule has 0 aliphatic carbocycles. The minimum Gasteiger partial charge on any atom is -0.394 e. The number of hydrogen-bond donors (Lipinski definition) is 13. The smallest absolute Gasteiger partial charge is 0.232 e. The summed E-state index contributed by atoms with van der Waals surface area (Å²) in [6.07, 6.45) is -32.1. The van der Waals surface area contributed by atoms with Crippen LogP contribution in [0, 0.1) is 10.1 Å². The first-order valence-electron chi connectivity index (χ1n) is 18.1. The van der Waals surface area contributed by atoms with Gasteiger partial charge in [0.15, 0.2) is 31.3 Å². The minimum absolute atomic E-state index is 0.0645. The molecule has 56 heavy (non-hydrogen) atoms. The van der Waals surface area contributed by atoms with Gasteiger partial charge >= 0.3 is 0 Å². The van der Waals surface area contributed by atoms with Crippen LogP contribution >= 0.6 is 0 Å². The van der Waals surface area contributed by atoms with Crippen molar-refractivity contribution in [1.82, 2.24) is 5.32 Å². The second-order valence-corrected chi connectivity index (χ2v) is 13.9. The number of nitrogens with one attached hydrogen (secondary N) is 1. The van der Waals surface area contributed by atoms with Gasteiger partial charge in [-0.2, -0.15) is 0 Å². The molecule has 20 atom stereocenters. The highest BCUT2D eigenvalue weighted by Crippen LogP contribution is 2.34. The van der Waals surface area contributed by atoms with Crippen molar-refractivity contribution < 1.29 is 104 Å². The summed E-state index contributed by atoms with van der Waals surface area (Å²) in [4.78, 5) is 22.6. The van der Waals surface area contributed by atoms with E-state index in [1.807, 2.05) is 0 Å². The van der Waals surface area contributed by atoms with Crippen molar-refractivity contribution in [2.45, 2.75) is 149 Å². The van der Waals surface area contributed by atoms with Gasteiger partial charge in [-0.25, -0.2) is 0 Å². The van der Waals surface area contributed by atoms with E-state index in [2.05, 4.69) is 5.32 Å². The van der Waals surface area contributed by atoms with Gasteiger partial charge in [0.2, 0.25) is 12.5 Å². The summed E-state index contributed by atoms with van der Waals surface area (Å²) >= 11 is 0. The molecule has 4 rings (SSSR count). The number of ether oxygens (including phenoxy) is 8. The molecule has 4 heterocycles. The molecule has 0 radical (unpaired) electrons. The number of nitrogens with two attached hydrogens (primary N) is 1. The summed E-state index contributed by atoms with van der Waals surface area (Å²) in [5.41, 5.74) is 5.47. The molecule has 0 saturated carbocycles. The quantitative estimate of drug-likeness (QED) is 0.0347. The van der Waals surface area contributed by atoms with E-state index in [4.69, 9.17) is 43.6 Å². The van der Waals surface area contributed by atoms with Gasteiger partial charge in [-0.05, 0) is 25.8 Å². The molecule has 0 spiro atoms. The van der Waals surface area contributed by atoms with Gasteiger partial charge in [0, 0.05) is 18.5 Å². The molecule has 14 N–H and O–H groups in total. The topological polar surface area (TPSA) is 395 Å². The number of unbranched alkanes of at least 4 members (excludes halogenated alkanes) is 2. The van der Waals surface area contributed by atoms with Crippen LogP contribution in [0.25, 0.3) is 0 Å². The van der Waals surface area contributed by atoms with E-state index in [-0.39, 0.29) is 6.61 Å². The van der Waals surface area contributed by atoms with E-state index in [1.54, 1.807) is 0 Å². The van der Waals surface area contributed by atoms with Crippen molar-refractivity contribution in [3.05, 3.63) is 10.1 Å². The van der Waals surface area contributed by atoms with Crippen LogP contribution in [0.4, 0.5) is 0 Å². The lowest BCUT2D eigenvalue weighted by atomic mass is 9.95. The largest absolute Gasteiger partial charge is 0.394 e. The first kappa shape index (κ1) is 46.8. The highest BCUT2D eigenvalue weighted by Gasteiger charge is 2.56. The second kappa shape index (κ2) is 21.4. The molecule has 0 bridgehead atoms. The van der Waals surface area contributed by atoms with E-state index in [0.717, 1.165) is 6.92 Å². The van der Waals surface area contributed by atoms with Crippen LogP contribution in [-0.2, 0) is 42.7 Å². The minimum atomic E-state index is -2.11. The Labute approximate surface area is 319 Å². The molecule has 326 valence electrons. The molecular weight excluding hydrogens is 766 g/mol. The van der Waals surface area contributed by atoms with Crippen molar-refractivity contribution >= 4 is 5.91 Å². The zero-order valence-electron chi connectivity index (χ0n) is 30.3. The maximum absolute atomic E-state index is 11.9. The number of carbonyl (C=O) groups excluding carboxylic acids is 1. The Morgan fingerprint density at radius 2 is 1.12 bits per heavy atom. The number of rotatable bonds is 18. The Hall–Kier alpha value is -1.93. The lowest BCUT2D eigenvalue weighted by Crippen LogP contribution is -2.69. The number of hydrogen-bond acceptors (Lipinski definition) is 23. The molecule has 1 amide bonds. The van der Waals surface area contributed by atoms with Crippen molar-refractivity contribution in [1.29, 1.82) is 0 Å². The van der Waals surface area contributed by atoms with Crippen LogP contribution in [0.15, 0.2) is 0 Å². The Morgan fingerprint density at radius 3 is 1.70 bits per heavy atom. The predicted molar refractivity (Wildman–Crippen MR) is 177 cm³/mol.